The number of methoxy groups -OCH3 is 1. The summed E-state index contributed by atoms with van der Waals surface area (Å²) in [6.07, 6.45) is 0.585. The molecule has 3 nitrogen and oxygen atoms in total. The summed E-state index contributed by atoms with van der Waals surface area (Å²) in [4.78, 5) is 10.4. The van der Waals surface area contributed by atoms with Crippen LogP contribution in [-0.2, 0) is 9.53 Å². The summed E-state index contributed by atoms with van der Waals surface area (Å²) in [6, 6.07) is 0. The molecule has 2 atom stereocenters. The van der Waals surface area contributed by atoms with E-state index in [1.54, 1.807) is 6.92 Å². The maximum absolute atomic E-state index is 10.4. The van der Waals surface area contributed by atoms with Crippen molar-refractivity contribution in [3.8, 4) is 0 Å². The Kier molecular flexibility index (Phi) is 4.03. The molecular weight excluding hydrogens is 132 g/mol. The van der Waals surface area contributed by atoms with Gasteiger partial charge in [-0.15, -0.1) is 0 Å². The molecule has 0 rings (SSSR count). The normalized spacial score (nSPS) is 16.3. The van der Waals surface area contributed by atoms with E-state index >= 15 is 0 Å². The number of carboxylic acids is 1. The Hall–Kier alpha value is -0.570. The summed E-state index contributed by atoms with van der Waals surface area (Å²) in [5.41, 5.74) is 0. The molecule has 0 fully saturated rings. The monoisotopic (exact) mass is 146 g/mol. The van der Waals surface area contributed by atoms with Crippen LogP contribution in [0, 0.1) is 5.92 Å². The number of rotatable bonds is 4. The Bertz CT molecular complexity index is 107. The first-order valence-corrected chi connectivity index (χ1v) is 3.39. The third-order valence-electron chi connectivity index (χ3n) is 1.65. The van der Waals surface area contributed by atoms with E-state index in [0.717, 1.165) is 6.42 Å². The molecule has 0 aromatic rings. The molecule has 0 aliphatic heterocycles. The number of aliphatic carboxylic acids is 1. The molecular formula is C7H14O3. The first-order valence-electron chi connectivity index (χ1n) is 3.39. The first-order chi connectivity index (χ1) is 4.63. The van der Waals surface area contributed by atoms with Crippen LogP contribution in [0.5, 0.6) is 0 Å². The van der Waals surface area contributed by atoms with Crippen molar-refractivity contribution in [2.75, 3.05) is 7.11 Å². The molecule has 10 heavy (non-hydrogen) atoms. The van der Waals surface area contributed by atoms with Crippen LogP contribution in [0.25, 0.3) is 0 Å². The van der Waals surface area contributed by atoms with Gasteiger partial charge in [0.25, 0.3) is 0 Å². The minimum absolute atomic E-state index is 0.155. The van der Waals surface area contributed by atoms with E-state index in [0.29, 0.717) is 0 Å². The zero-order valence-corrected chi connectivity index (χ0v) is 6.63. The third kappa shape index (κ3) is 2.35. The van der Waals surface area contributed by atoms with Crippen molar-refractivity contribution in [2.45, 2.75) is 26.4 Å². The van der Waals surface area contributed by atoms with Gasteiger partial charge < -0.3 is 9.84 Å². The fourth-order valence-electron chi connectivity index (χ4n) is 0.883. The van der Waals surface area contributed by atoms with Gasteiger partial charge in [-0.1, -0.05) is 6.92 Å². The van der Waals surface area contributed by atoms with E-state index in [9.17, 15) is 4.79 Å². The van der Waals surface area contributed by atoms with Gasteiger partial charge >= 0.3 is 5.97 Å². The van der Waals surface area contributed by atoms with Gasteiger partial charge in [0.05, 0.1) is 12.0 Å². The van der Waals surface area contributed by atoms with E-state index in [-0.39, 0.29) is 6.10 Å². The van der Waals surface area contributed by atoms with Crippen molar-refractivity contribution in [1.82, 2.24) is 0 Å². The predicted molar refractivity (Wildman–Crippen MR) is 37.9 cm³/mol. The summed E-state index contributed by atoms with van der Waals surface area (Å²) in [5.74, 6) is -1.20. The van der Waals surface area contributed by atoms with E-state index in [1.807, 2.05) is 6.92 Å². The Morgan fingerprint density at radius 2 is 2.20 bits per heavy atom. The number of carboxylic acid groups (broad SMARTS) is 1. The quantitative estimate of drug-likeness (QED) is 0.646. The summed E-state index contributed by atoms with van der Waals surface area (Å²) in [5, 5.41) is 8.53. The Balaban J connectivity index is 3.88. The lowest BCUT2D eigenvalue weighted by atomic mass is 10.0. The Labute approximate surface area is 61.0 Å². The standard InChI is InChI=1S/C7H14O3/c1-4-6(10-3)5(2)7(8)9/h5-6H,4H2,1-3H3,(H,8,9). The maximum atomic E-state index is 10.4. The maximum Gasteiger partial charge on any atom is 0.308 e. The molecule has 0 amide bonds. The highest BCUT2D eigenvalue weighted by Crippen LogP contribution is 2.09. The summed E-state index contributed by atoms with van der Waals surface area (Å²) >= 11 is 0. The molecule has 0 radical (unpaired) electrons. The Morgan fingerprint density at radius 1 is 1.70 bits per heavy atom. The van der Waals surface area contributed by atoms with E-state index in [1.165, 1.54) is 7.11 Å². The second-order valence-corrected chi connectivity index (χ2v) is 2.31. The average molecular weight is 146 g/mol. The van der Waals surface area contributed by atoms with Crippen LogP contribution >= 0.6 is 0 Å². The van der Waals surface area contributed by atoms with Gasteiger partial charge in [-0.2, -0.15) is 0 Å². The van der Waals surface area contributed by atoms with Gasteiger partial charge in [0.1, 0.15) is 0 Å². The zero-order valence-electron chi connectivity index (χ0n) is 6.63. The summed E-state index contributed by atoms with van der Waals surface area (Å²) in [6.45, 7) is 3.56. The van der Waals surface area contributed by atoms with Gasteiger partial charge in [0.2, 0.25) is 0 Å². The molecule has 0 aliphatic rings. The van der Waals surface area contributed by atoms with E-state index < -0.39 is 11.9 Å². The van der Waals surface area contributed by atoms with Crippen LogP contribution in [0.4, 0.5) is 0 Å². The van der Waals surface area contributed by atoms with Gasteiger partial charge in [-0.3, -0.25) is 4.79 Å². The third-order valence-corrected chi connectivity index (χ3v) is 1.65. The lowest BCUT2D eigenvalue weighted by Crippen LogP contribution is -2.26. The molecule has 1 N–H and O–H groups in total. The number of carbonyl (C=O) groups is 1. The lowest BCUT2D eigenvalue weighted by Gasteiger charge is -2.16. The van der Waals surface area contributed by atoms with Crippen molar-refractivity contribution in [1.29, 1.82) is 0 Å². The van der Waals surface area contributed by atoms with Crippen LogP contribution in [-0.4, -0.2) is 24.3 Å². The van der Waals surface area contributed by atoms with Gasteiger partial charge in [-0.05, 0) is 13.3 Å². The van der Waals surface area contributed by atoms with Crippen molar-refractivity contribution >= 4 is 5.97 Å². The second kappa shape index (κ2) is 4.28. The molecule has 3 heteroatoms. The molecule has 0 bridgehead atoms. The minimum atomic E-state index is -0.797. The first kappa shape index (κ1) is 9.43. The van der Waals surface area contributed by atoms with E-state index in [4.69, 9.17) is 9.84 Å². The van der Waals surface area contributed by atoms with Crippen molar-refractivity contribution in [3.63, 3.8) is 0 Å². The lowest BCUT2D eigenvalue weighted by molar-refractivity contribution is -0.145. The number of ether oxygens (including phenoxy) is 1. The van der Waals surface area contributed by atoms with Crippen LogP contribution in [0.1, 0.15) is 20.3 Å². The predicted octanol–water partition coefficient (Wildman–Crippen LogP) is 1.13. The highest BCUT2D eigenvalue weighted by molar-refractivity contribution is 5.70. The largest absolute Gasteiger partial charge is 0.481 e. The van der Waals surface area contributed by atoms with Gasteiger partial charge in [0.15, 0.2) is 0 Å². The van der Waals surface area contributed by atoms with Gasteiger partial charge in [0, 0.05) is 7.11 Å². The highest BCUT2D eigenvalue weighted by Gasteiger charge is 2.20. The SMILES string of the molecule is CCC(OC)C(C)C(=O)O. The molecule has 0 heterocycles. The molecule has 60 valence electrons. The zero-order chi connectivity index (χ0) is 8.15. The molecule has 0 spiro atoms. The fourth-order valence-corrected chi connectivity index (χ4v) is 0.883. The highest BCUT2D eigenvalue weighted by atomic mass is 16.5. The second-order valence-electron chi connectivity index (χ2n) is 2.31. The topological polar surface area (TPSA) is 46.5 Å². The fraction of sp³-hybridized carbons (Fsp3) is 0.857. The smallest absolute Gasteiger partial charge is 0.308 e. The van der Waals surface area contributed by atoms with Crippen molar-refractivity contribution in [2.24, 2.45) is 5.92 Å². The molecule has 0 aromatic heterocycles. The molecule has 0 aliphatic carbocycles. The molecule has 0 saturated carbocycles. The Morgan fingerprint density at radius 3 is 2.30 bits per heavy atom. The molecule has 0 aromatic carbocycles. The van der Waals surface area contributed by atoms with Crippen LogP contribution in [0.2, 0.25) is 0 Å². The minimum Gasteiger partial charge on any atom is -0.481 e. The van der Waals surface area contributed by atoms with E-state index in [2.05, 4.69) is 0 Å². The average Bonchev–Trinajstić information content (AvgIpc) is 1.90. The summed E-state index contributed by atoms with van der Waals surface area (Å²) in [7, 11) is 1.54. The van der Waals surface area contributed by atoms with Crippen molar-refractivity contribution in [3.05, 3.63) is 0 Å². The van der Waals surface area contributed by atoms with Crippen LogP contribution < -0.4 is 0 Å². The number of hydrogen-bond donors (Lipinski definition) is 1. The van der Waals surface area contributed by atoms with Crippen LogP contribution in [0.15, 0.2) is 0 Å². The van der Waals surface area contributed by atoms with Crippen molar-refractivity contribution < 1.29 is 14.6 Å². The summed E-state index contributed by atoms with van der Waals surface area (Å²) < 4.78 is 4.94. The molecule has 2 unspecified atom stereocenters. The molecule has 0 saturated heterocycles. The van der Waals surface area contributed by atoms with Gasteiger partial charge in [-0.25, -0.2) is 0 Å². The van der Waals surface area contributed by atoms with Crippen LogP contribution in [0.3, 0.4) is 0 Å². The number of hydrogen-bond acceptors (Lipinski definition) is 2.